The zero-order chi connectivity index (χ0) is 20.1. The first-order valence-electron chi connectivity index (χ1n) is 9.31. The van der Waals surface area contributed by atoms with E-state index in [1.807, 2.05) is 16.7 Å². The number of benzene rings is 2. The molecule has 1 aliphatic rings. The van der Waals surface area contributed by atoms with Gasteiger partial charge in [-0.1, -0.05) is 24.3 Å². The molecule has 2 aromatic heterocycles. The number of anilines is 1. The fraction of sp³-hybridized carbons (Fsp3) is 0.136. The first kappa shape index (κ1) is 17.4. The Morgan fingerprint density at radius 2 is 2.07 bits per heavy atom. The minimum atomic E-state index is -0.526. The largest absolute Gasteiger partial charge is 0.343 e. The van der Waals surface area contributed by atoms with Crippen molar-refractivity contribution in [2.24, 2.45) is 0 Å². The van der Waals surface area contributed by atoms with Gasteiger partial charge in [0.15, 0.2) is 5.82 Å². The van der Waals surface area contributed by atoms with Crippen LogP contribution in [0.5, 0.6) is 0 Å². The van der Waals surface area contributed by atoms with Gasteiger partial charge in [0.05, 0.1) is 11.2 Å². The van der Waals surface area contributed by atoms with E-state index in [1.165, 1.54) is 12.1 Å². The molecule has 0 aliphatic carbocycles. The molecule has 0 fully saturated rings. The van der Waals surface area contributed by atoms with E-state index in [0.717, 1.165) is 17.5 Å². The van der Waals surface area contributed by atoms with Crippen LogP contribution in [0, 0.1) is 5.82 Å². The van der Waals surface area contributed by atoms with Gasteiger partial charge in [0.1, 0.15) is 11.4 Å². The van der Waals surface area contributed by atoms with E-state index in [1.54, 1.807) is 30.5 Å². The topological polar surface area (TPSA) is 79.8 Å². The molecule has 6 nitrogen and oxygen atoms in total. The standard InChI is InChI=1S/C22H17FN4O2/c1-12-8-14-5-3-7-16-20(14)27(12)11-17(21(16)28)22(29)24-19-10-18(25-26-19)13-4-2-6-15(23)9-13/h2-7,9-12H,8H2,1H3,(H2,24,25,26,29)/t12-/m1/s1. The SMILES string of the molecule is C[C@@H]1Cc2cccc3c(=O)c(C(=O)Nc4cc(-c5cccc(F)c5)[nH]n4)cn1c23. The Balaban J connectivity index is 1.49. The molecule has 1 amide bonds. The van der Waals surface area contributed by atoms with Gasteiger partial charge in [-0.25, -0.2) is 4.39 Å². The average Bonchev–Trinajstić information content (AvgIpc) is 3.29. The lowest BCUT2D eigenvalue weighted by molar-refractivity contribution is 0.102. The number of hydrogen-bond acceptors (Lipinski definition) is 3. The molecule has 0 bridgehead atoms. The van der Waals surface area contributed by atoms with Crippen LogP contribution >= 0.6 is 0 Å². The zero-order valence-corrected chi connectivity index (χ0v) is 15.6. The van der Waals surface area contributed by atoms with Crippen molar-refractivity contribution in [3.8, 4) is 11.3 Å². The number of H-pyrrole nitrogens is 1. The number of pyridine rings is 1. The fourth-order valence-corrected chi connectivity index (χ4v) is 3.95. The number of nitrogens with one attached hydrogen (secondary N) is 2. The molecule has 2 N–H and O–H groups in total. The Hall–Kier alpha value is -3.74. The molecule has 29 heavy (non-hydrogen) atoms. The summed E-state index contributed by atoms with van der Waals surface area (Å²) in [4.78, 5) is 25.8. The molecule has 0 unspecified atom stereocenters. The molecule has 2 aromatic carbocycles. The summed E-state index contributed by atoms with van der Waals surface area (Å²) >= 11 is 0. The van der Waals surface area contributed by atoms with Gasteiger partial charge in [0.2, 0.25) is 5.43 Å². The highest BCUT2D eigenvalue weighted by Crippen LogP contribution is 2.31. The summed E-state index contributed by atoms with van der Waals surface area (Å²) in [5.41, 5.74) is 2.95. The molecular weight excluding hydrogens is 371 g/mol. The van der Waals surface area contributed by atoms with Crippen LogP contribution in [0.3, 0.4) is 0 Å². The second-order valence-corrected chi connectivity index (χ2v) is 7.28. The molecule has 0 spiro atoms. The van der Waals surface area contributed by atoms with Gasteiger partial charge < -0.3 is 9.88 Å². The number of carbonyl (C=O) groups is 1. The van der Waals surface area contributed by atoms with E-state index in [-0.39, 0.29) is 28.7 Å². The summed E-state index contributed by atoms with van der Waals surface area (Å²) in [7, 11) is 0. The maximum Gasteiger partial charge on any atom is 0.262 e. The summed E-state index contributed by atoms with van der Waals surface area (Å²) in [6, 6.07) is 13.4. The number of nitrogens with zero attached hydrogens (tertiary/aromatic N) is 2. The molecule has 1 aliphatic heterocycles. The number of rotatable bonds is 3. The number of para-hydroxylation sites is 1. The Morgan fingerprint density at radius 1 is 1.24 bits per heavy atom. The van der Waals surface area contributed by atoms with Crippen molar-refractivity contribution in [3.63, 3.8) is 0 Å². The van der Waals surface area contributed by atoms with Crippen LogP contribution in [0.4, 0.5) is 10.2 Å². The summed E-state index contributed by atoms with van der Waals surface area (Å²) < 4.78 is 15.4. The Morgan fingerprint density at radius 3 is 2.90 bits per heavy atom. The van der Waals surface area contributed by atoms with Gasteiger partial charge in [0.25, 0.3) is 5.91 Å². The Bertz CT molecular complexity index is 1340. The molecule has 0 radical (unpaired) electrons. The second kappa shape index (κ2) is 6.41. The smallest absolute Gasteiger partial charge is 0.262 e. The van der Waals surface area contributed by atoms with Crippen molar-refractivity contribution in [2.75, 3.05) is 5.32 Å². The van der Waals surface area contributed by atoms with Crippen molar-refractivity contribution in [1.82, 2.24) is 14.8 Å². The van der Waals surface area contributed by atoms with Gasteiger partial charge in [0, 0.05) is 29.3 Å². The van der Waals surface area contributed by atoms with Crippen LogP contribution < -0.4 is 10.7 Å². The third-order valence-corrected chi connectivity index (χ3v) is 5.33. The number of carbonyl (C=O) groups excluding carboxylic acids is 1. The van der Waals surface area contributed by atoms with Gasteiger partial charge in [-0.05, 0) is 37.1 Å². The zero-order valence-electron chi connectivity index (χ0n) is 15.6. The Labute approximate surface area is 165 Å². The van der Waals surface area contributed by atoms with Crippen molar-refractivity contribution < 1.29 is 9.18 Å². The van der Waals surface area contributed by atoms with Gasteiger partial charge in [-0.3, -0.25) is 14.7 Å². The quantitative estimate of drug-likeness (QED) is 0.559. The predicted octanol–water partition coefficient (Wildman–Crippen LogP) is 3.90. The second-order valence-electron chi connectivity index (χ2n) is 7.28. The summed E-state index contributed by atoms with van der Waals surface area (Å²) in [6.07, 6.45) is 2.46. The Kier molecular flexibility index (Phi) is 3.84. The monoisotopic (exact) mass is 388 g/mol. The fourth-order valence-electron chi connectivity index (χ4n) is 3.95. The lowest BCUT2D eigenvalue weighted by Crippen LogP contribution is -2.24. The van der Waals surface area contributed by atoms with Gasteiger partial charge in [-0.2, -0.15) is 5.10 Å². The van der Waals surface area contributed by atoms with Gasteiger partial charge >= 0.3 is 0 Å². The highest BCUT2D eigenvalue weighted by Gasteiger charge is 2.24. The van der Waals surface area contributed by atoms with Crippen LogP contribution in [0.25, 0.3) is 22.2 Å². The third-order valence-electron chi connectivity index (χ3n) is 5.33. The van der Waals surface area contributed by atoms with E-state index >= 15 is 0 Å². The van der Waals surface area contributed by atoms with Crippen molar-refractivity contribution in [2.45, 2.75) is 19.4 Å². The highest BCUT2D eigenvalue weighted by molar-refractivity contribution is 6.05. The summed E-state index contributed by atoms with van der Waals surface area (Å²) in [5.74, 6) is -0.627. The molecule has 0 saturated heterocycles. The van der Waals surface area contributed by atoms with E-state index in [2.05, 4.69) is 22.4 Å². The minimum Gasteiger partial charge on any atom is -0.343 e. The number of hydrogen-bond donors (Lipinski definition) is 2. The van der Waals surface area contributed by atoms with Crippen LogP contribution in [-0.2, 0) is 6.42 Å². The van der Waals surface area contributed by atoms with Crippen LogP contribution in [0.1, 0.15) is 28.9 Å². The molecule has 5 rings (SSSR count). The maximum absolute atomic E-state index is 13.4. The number of aromatic nitrogens is 3. The minimum absolute atomic E-state index is 0.0682. The van der Waals surface area contributed by atoms with Crippen LogP contribution in [0.2, 0.25) is 0 Å². The first-order chi connectivity index (χ1) is 14.0. The average molecular weight is 388 g/mol. The highest BCUT2D eigenvalue weighted by atomic mass is 19.1. The molecule has 144 valence electrons. The van der Waals surface area contributed by atoms with Crippen molar-refractivity contribution in [3.05, 3.63) is 81.9 Å². The van der Waals surface area contributed by atoms with Crippen molar-refractivity contribution in [1.29, 1.82) is 0 Å². The molecule has 7 heteroatoms. The molecular formula is C22H17FN4O2. The van der Waals surface area contributed by atoms with Gasteiger partial charge in [-0.15, -0.1) is 0 Å². The number of aromatic amines is 1. The normalized spacial score (nSPS) is 15.0. The lowest BCUT2D eigenvalue weighted by Gasteiger charge is -2.12. The predicted molar refractivity (Wildman–Crippen MR) is 109 cm³/mol. The first-order valence-corrected chi connectivity index (χ1v) is 9.31. The molecule has 3 heterocycles. The molecule has 1 atom stereocenters. The number of amides is 1. The van der Waals surface area contributed by atoms with Crippen LogP contribution in [-0.4, -0.2) is 20.7 Å². The third kappa shape index (κ3) is 2.82. The molecule has 4 aromatic rings. The number of halogens is 1. The van der Waals surface area contributed by atoms with E-state index in [0.29, 0.717) is 16.6 Å². The lowest BCUT2D eigenvalue weighted by atomic mass is 10.1. The maximum atomic E-state index is 13.4. The van der Waals surface area contributed by atoms with E-state index in [4.69, 9.17) is 0 Å². The van der Waals surface area contributed by atoms with E-state index < -0.39 is 5.91 Å². The molecule has 0 saturated carbocycles. The summed E-state index contributed by atoms with van der Waals surface area (Å²) in [5, 5.41) is 10.0. The van der Waals surface area contributed by atoms with Crippen LogP contribution in [0.15, 0.2) is 59.5 Å². The van der Waals surface area contributed by atoms with E-state index in [9.17, 15) is 14.0 Å². The summed E-state index contributed by atoms with van der Waals surface area (Å²) in [6.45, 7) is 2.06. The van der Waals surface area contributed by atoms with Crippen molar-refractivity contribution >= 4 is 22.6 Å².